The number of aliphatic carboxylic acids is 1. The first kappa shape index (κ1) is 13.2. The smallest absolute Gasteiger partial charge is 0.305 e. The van der Waals surface area contributed by atoms with Crippen LogP contribution in [0.1, 0.15) is 12.8 Å². The Kier molecular flexibility index (Phi) is 5.15. The Bertz CT molecular complexity index is 364. The lowest BCUT2D eigenvalue weighted by atomic mass is 10.2. The van der Waals surface area contributed by atoms with Crippen LogP contribution in [0.2, 0.25) is 0 Å². The summed E-state index contributed by atoms with van der Waals surface area (Å²) in [5.74, 6) is -1.51. The maximum Gasteiger partial charge on any atom is 0.305 e. The fourth-order valence-corrected chi connectivity index (χ4v) is 1.30. The van der Waals surface area contributed by atoms with Crippen molar-refractivity contribution < 1.29 is 14.7 Å². The van der Waals surface area contributed by atoms with E-state index in [0.717, 1.165) is 13.0 Å². The molecule has 1 heterocycles. The summed E-state index contributed by atoms with van der Waals surface area (Å²) in [5.41, 5.74) is 5.39. The molecule has 17 heavy (non-hydrogen) atoms. The number of carbonyl (C=O) groups is 2. The number of nitrogens with zero attached hydrogens (tertiary/aromatic N) is 2. The largest absolute Gasteiger partial charge is 0.481 e. The highest BCUT2D eigenvalue weighted by molar-refractivity contribution is 5.85. The molecular weight excluding hydrogens is 224 g/mol. The minimum atomic E-state index is -1.08. The minimum Gasteiger partial charge on any atom is -0.481 e. The molecule has 0 bridgehead atoms. The number of hydrogen-bond acceptors (Lipinski definition) is 4. The van der Waals surface area contributed by atoms with Gasteiger partial charge < -0.3 is 20.7 Å². The molecule has 0 saturated carbocycles. The van der Waals surface area contributed by atoms with Gasteiger partial charge in [-0.25, -0.2) is 4.98 Å². The molecule has 1 amide bonds. The second-order valence-corrected chi connectivity index (χ2v) is 3.65. The van der Waals surface area contributed by atoms with Gasteiger partial charge in [-0.05, 0) is 6.42 Å². The van der Waals surface area contributed by atoms with Crippen LogP contribution in [-0.4, -0.2) is 39.1 Å². The van der Waals surface area contributed by atoms with E-state index in [9.17, 15) is 9.59 Å². The number of rotatable bonds is 7. The SMILES string of the molecule is NC(CC(=O)O)C(=O)NCCCn1ccnc1. The van der Waals surface area contributed by atoms with Crippen LogP contribution in [-0.2, 0) is 16.1 Å². The van der Waals surface area contributed by atoms with Crippen LogP contribution >= 0.6 is 0 Å². The van der Waals surface area contributed by atoms with E-state index in [1.54, 1.807) is 12.5 Å². The topological polar surface area (TPSA) is 110 Å². The summed E-state index contributed by atoms with van der Waals surface area (Å²) >= 11 is 0. The zero-order valence-corrected chi connectivity index (χ0v) is 9.37. The van der Waals surface area contributed by atoms with E-state index in [4.69, 9.17) is 10.8 Å². The van der Waals surface area contributed by atoms with Crippen molar-refractivity contribution in [1.29, 1.82) is 0 Å². The monoisotopic (exact) mass is 240 g/mol. The molecule has 4 N–H and O–H groups in total. The quantitative estimate of drug-likeness (QED) is 0.540. The van der Waals surface area contributed by atoms with E-state index in [1.807, 2.05) is 10.8 Å². The summed E-state index contributed by atoms with van der Waals surface area (Å²) in [6, 6.07) is -0.985. The first-order valence-electron chi connectivity index (χ1n) is 5.30. The van der Waals surface area contributed by atoms with Crippen LogP contribution in [0.15, 0.2) is 18.7 Å². The number of carboxylic acids is 1. The van der Waals surface area contributed by atoms with E-state index in [0.29, 0.717) is 6.54 Å². The number of nitrogens with two attached hydrogens (primary N) is 1. The maximum atomic E-state index is 11.3. The van der Waals surface area contributed by atoms with Crippen molar-refractivity contribution in [3.63, 3.8) is 0 Å². The maximum absolute atomic E-state index is 11.3. The second-order valence-electron chi connectivity index (χ2n) is 3.65. The number of hydrogen-bond donors (Lipinski definition) is 3. The Morgan fingerprint density at radius 2 is 2.29 bits per heavy atom. The molecule has 1 aromatic heterocycles. The molecule has 7 nitrogen and oxygen atoms in total. The highest BCUT2D eigenvalue weighted by Crippen LogP contribution is 1.91. The summed E-state index contributed by atoms with van der Waals surface area (Å²) in [6.45, 7) is 1.21. The molecule has 0 spiro atoms. The van der Waals surface area contributed by atoms with E-state index < -0.39 is 17.9 Å². The lowest BCUT2D eigenvalue weighted by Gasteiger charge is -2.10. The molecule has 0 aliphatic heterocycles. The van der Waals surface area contributed by atoms with Gasteiger partial charge in [-0.2, -0.15) is 0 Å². The Hall–Kier alpha value is -1.89. The third kappa shape index (κ3) is 5.12. The summed E-state index contributed by atoms with van der Waals surface area (Å²) in [5, 5.41) is 11.0. The van der Waals surface area contributed by atoms with Gasteiger partial charge in [-0.15, -0.1) is 0 Å². The van der Waals surface area contributed by atoms with Gasteiger partial charge in [0.1, 0.15) is 0 Å². The summed E-state index contributed by atoms with van der Waals surface area (Å²) in [7, 11) is 0. The van der Waals surface area contributed by atoms with Crippen molar-refractivity contribution >= 4 is 11.9 Å². The van der Waals surface area contributed by atoms with Gasteiger partial charge in [0.05, 0.1) is 18.8 Å². The van der Waals surface area contributed by atoms with E-state index in [-0.39, 0.29) is 6.42 Å². The molecule has 1 aromatic rings. The van der Waals surface area contributed by atoms with Crippen molar-refractivity contribution in [1.82, 2.24) is 14.9 Å². The zero-order valence-electron chi connectivity index (χ0n) is 9.37. The summed E-state index contributed by atoms with van der Waals surface area (Å²) in [4.78, 5) is 25.5. The van der Waals surface area contributed by atoms with Gasteiger partial charge in [0.15, 0.2) is 0 Å². The lowest BCUT2D eigenvalue weighted by molar-refractivity contribution is -0.139. The van der Waals surface area contributed by atoms with Gasteiger partial charge >= 0.3 is 5.97 Å². The molecule has 0 radical (unpaired) electrons. The third-order valence-electron chi connectivity index (χ3n) is 2.18. The Morgan fingerprint density at radius 1 is 1.53 bits per heavy atom. The van der Waals surface area contributed by atoms with Gasteiger partial charge in [0.25, 0.3) is 0 Å². The molecule has 0 aliphatic carbocycles. The van der Waals surface area contributed by atoms with E-state index in [2.05, 4.69) is 10.3 Å². The summed E-state index contributed by atoms with van der Waals surface area (Å²) in [6.07, 6.45) is 5.59. The van der Waals surface area contributed by atoms with Gasteiger partial charge in [-0.3, -0.25) is 9.59 Å². The van der Waals surface area contributed by atoms with Gasteiger partial charge in [-0.1, -0.05) is 0 Å². The molecule has 0 aromatic carbocycles. The molecule has 0 aliphatic rings. The Morgan fingerprint density at radius 3 is 2.88 bits per heavy atom. The number of aryl methyl sites for hydroxylation is 1. The highest BCUT2D eigenvalue weighted by Gasteiger charge is 2.15. The molecule has 1 rings (SSSR count). The number of amides is 1. The Balaban J connectivity index is 2.13. The molecule has 7 heteroatoms. The zero-order chi connectivity index (χ0) is 12.7. The molecule has 1 atom stereocenters. The standard InChI is InChI=1S/C10H16N4O3/c11-8(6-9(15)16)10(17)13-2-1-4-14-5-3-12-7-14/h3,5,7-8H,1-2,4,6,11H2,(H,13,17)(H,15,16). The fraction of sp³-hybridized carbons (Fsp3) is 0.500. The van der Waals surface area contributed by atoms with Gasteiger partial charge in [0, 0.05) is 25.5 Å². The number of carbonyl (C=O) groups excluding carboxylic acids is 1. The van der Waals surface area contributed by atoms with Crippen molar-refractivity contribution in [3.05, 3.63) is 18.7 Å². The molecule has 1 unspecified atom stereocenters. The van der Waals surface area contributed by atoms with Crippen LogP contribution in [0.3, 0.4) is 0 Å². The van der Waals surface area contributed by atoms with Crippen LogP contribution in [0.4, 0.5) is 0 Å². The second kappa shape index (κ2) is 6.64. The highest BCUT2D eigenvalue weighted by atomic mass is 16.4. The molecular formula is C10H16N4O3. The lowest BCUT2D eigenvalue weighted by Crippen LogP contribution is -2.42. The predicted octanol–water partition coefficient (Wildman–Crippen LogP) is -0.809. The molecule has 0 saturated heterocycles. The molecule has 94 valence electrons. The van der Waals surface area contributed by atoms with Crippen molar-refractivity contribution in [3.8, 4) is 0 Å². The summed E-state index contributed by atoms with van der Waals surface area (Å²) < 4.78 is 1.89. The fourth-order valence-electron chi connectivity index (χ4n) is 1.30. The van der Waals surface area contributed by atoms with Crippen LogP contribution < -0.4 is 11.1 Å². The van der Waals surface area contributed by atoms with E-state index in [1.165, 1.54) is 0 Å². The minimum absolute atomic E-state index is 0.354. The number of nitrogens with one attached hydrogen (secondary N) is 1. The average molecular weight is 240 g/mol. The van der Waals surface area contributed by atoms with Crippen LogP contribution in [0.5, 0.6) is 0 Å². The molecule has 0 fully saturated rings. The van der Waals surface area contributed by atoms with Crippen molar-refractivity contribution in [2.75, 3.05) is 6.54 Å². The van der Waals surface area contributed by atoms with Crippen LogP contribution in [0, 0.1) is 0 Å². The number of carboxylic acid groups (broad SMARTS) is 1. The third-order valence-corrected chi connectivity index (χ3v) is 2.18. The number of aromatic nitrogens is 2. The van der Waals surface area contributed by atoms with Crippen molar-refractivity contribution in [2.45, 2.75) is 25.4 Å². The average Bonchev–Trinajstić information content (AvgIpc) is 2.75. The van der Waals surface area contributed by atoms with E-state index >= 15 is 0 Å². The predicted molar refractivity (Wildman–Crippen MR) is 60.1 cm³/mol. The first-order chi connectivity index (χ1) is 8.09. The first-order valence-corrected chi connectivity index (χ1v) is 5.30. The van der Waals surface area contributed by atoms with Gasteiger partial charge in [0.2, 0.25) is 5.91 Å². The number of imidazole rings is 1. The van der Waals surface area contributed by atoms with Crippen LogP contribution in [0.25, 0.3) is 0 Å². The van der Waals surface area contributed by atoms with Crippen molar-refractivity contribution in [2.24, 2.45) is 5.73 Å². The Labute approximate surface area is 98.6 Å². The normalized spacial score (nSPS) is 12.1.